The first-order valence-corrected chi connectivity index (χ1v) is 10.3. The van der Waals surface area contributed by atoms with Crippen LogP contribution in [0.5, 0.6) is 0 Å². The lowest BCUT2D eigenvalue weighted by atomic mass is 9.92. The molecule has 0 saturated carbocycles. The zero-order valence-electron chi connectivity index (χ0n) is 16.4. The first-order chi connectivity index (χ1) is 13.7. The van der Waals surface area contributed by atoms with Crippen LogP contribution < -0.4 is 15.5 Å². The molecule has 0 aliphatic carbocycles. The maximum Gasteiger partial charge on any atom is 0.156 e. The van der Waals surface area contributed by atoms with Gasteiger partial charge in [-0.25, -0.2) is 9.97 Å². The molecule has 5 rings (SSSR count). The van der Waals surface area contributed by atoms with Gasteiger partial charge in [-0.15, -0.1) is 0 Å². The molecule has 2 aromatic rings. The van der Waals surface area contributed by atoms with Crippen LogP contribution in [0.15, 0.2) is 29.5 Å². The monoisotopic (exact) mass is 377 g/mol. The fourth-order valence-electron chi connectivity index (χ4n) is 4.73. The lowest BCUT2D eigenvalue weighted by molar-refractivity contribution is 0.358. The van der Waals surface area contributed by atoms with E-state index in [1.165, 1.54) is 0 Å². The number of hydrogen-bond acceptors (Lipinski definition) is 7. The number of nitrogens with zero attached hydrogens (tertiary/aromatic N) is 6. The molecule has 3 aliphatic heterocycles. The van der Waals surface area contributed by atoms with Crippen LogP contribution in [0.3, 0.4) is 0 Å². The van der Waals surface area contributed by atoms with Crippen molar-refractivity contribution in [1.29, 1.82) is 0 Å². The van der Waals surface area contributed by atoms with E-state index in [2.05, 4.69) is 27.8 Å². The van der Waals surface area contributed by atoms with Gasteiger partial charge in [0.15, 0.2) is 5.84 Å². The molecule has 0 spiro atoms. The molecule has 0 aromatic carbocycles. The summed E-state index contributed by atoms with van der Waals surface area (Å²) in [4.78, 5) is 23.8. The average Bonchev–Trinajstić information content (AvgIpc) is 3.16. The van der Waals surface area contributed by atoms with Crippen molar-refractivity contribution >= 4 is 17.3 Å². The second kappa shape index (κ2) is 7.13. The van der Waals surface area contributed by atoms with Gasteiger partial charge < -0.3 is 15.5 Å². The maximum atomic E-state index is 5.87. The van der Waals surface area contributed by atoms with Crippen LogP contribution in [0.4, 0.5) is 11.5 Å². The van der Waals surface area contributed by atoms with E-state index in [0.29, 0.717) is 18.5 Å². The summed E-state index contributed by atoms with van der Waals surface area (Å²) >= 11 is 0. The minimum absolute atomic E-state index is 0.441. The van der Waals surface area contributed by atoms with Gasteiger partial charge in [0.2, 0.25) is 0 Å². The van der Waals surface area contributed by atoms with E-state index in [1.54, 1.807) is 0 Å². The van der Waals surface area contributed by atoms with Crippen molar-refractivity contribution in [3.63, 3.8) is 0 Å². The quantitative estimate of drug-likeness (QED) is 0.863. The number of amidine groups is 1. The van der Waals surface area contributed by atoms with E-state index in [1.807, 2.05) is 18.5 Å². The van der Waals surface area contributed by atoms with Crippen LogP contribution >= 0.6 is 0 Å². The van der Waals surface area contributed by atoms with Gasteiger partial charge in [0.1, 0.15) is 11.5 Å². The van der Waals surface area contributed by atoms with E-state index in [0.717, 1.165) is 79.7 Å². The summed E-state index contributed by atoms with van der Waals surface area (Å²) in [6.45, 7) is 5.58. The third kappa shape index (κ3) is 2.94. The highest BCUT2D eigenvalue weighted by Crippen LogP contribution is 2.31. The highest BCUT2D eigenvalue weighted by atomic mass is 15.3. The molecule has 146 valence electrons. The Morgan fingerprint density at radius 1 is 1.21 bits per heavy atom. The molecule has 2 N–H and O–H groups in total. The Hall–Kier alpha value is -2.54. The van der Waals surface area contributed by atoms with Gasteiger partial charge >= 0.3 is 0 Å². The summed E-state index contributed by atoms with van der Waals surface area (Å²) in [5.74, 6) is 2.54. The summed E-state index contributed by atoms with van der Waals surface area (Å²) in [6.07, 6.45) is 8.14. The zero-order valence-corrected chi connectivity index (χ0v) is 16.4. The second-order valence-corrected chi connectivity index (χ2v) is 8.06. The Bertz CT molecular complexity index is 909. The Balaban J connectivity index is 1.41. The number of fused-ring (bicyclic) bond motifs is 2. The predicted molar refractivity (Wildman–Crippen MR) is 111 cm³/mol. The maximum absolute atomic E-state index is 5.87. The van der Waals surface area contributed by atoms with Crippen molar-refractivity contribution in [3.05, 3.63) is 41.6 Å². The molecule has 2 atom stereocenters. The molecule has 7 nitrogen and oxygen atoms in total. The van der Waals surface area contributed by atoms with Gasteiger partial charge in [-0.1, -0.05) is 0 Å². The average molecular weight is 377 g/mol. The number of pyridine rings is 1. The van der Waals surface area contributed by atoms with Crippen molar-refractivity contribution in [2.45, 2.75) is 45.2 Å². The lowest BCUT2D eigenvalue weighted by Gasteiger charge is -2.38. The predicted octanol–water partition coefficient (Wildman–Crippen LogP) is 2.15. The highest BCUT2D eigenvalue weighted by molar-refractivity contribution is 6.11. The van der Waals surface area contributed by atoms with E-state index in [4.69, 9.17) is 20.7 Å². The molecule has 3 aliphatic rings. The molecule has 0 radical (unpaired) electrons. The number of aryl methyl sites for hydroxylation is 1. The van der Waals surface area contributed by atoms with Crippen molar-refractivity contribution in [3.8, 4) is 0 Å². The zero-order chi connectivity index (χ0) is 19.1. The molecule has 28 heavy (non-hydrogen) atoms. The molecule has 0 unspecified atom stereocenters. The number of anilines is 2. The van der Waals surface area contributed by atoms with E-state index in [-0.39, 0.29) is 0 Å². The molecule has 1 saturated heterocycles. The summed E-state index contributed by atoms with van der Waals surface area (Å²) in [5, 5.41) is 0. The first-order valence-electron chi connectivity index (χ1n) is 10.3. The smallest absolute Gasteiger partial charge is 0.156 e. The lowest BCUT2D eigenvalue weighted by Crippen LogP contribution is -2.43. The largest absolute Gasteiger partial charge is 0.353 e. The fraction of sp³-hybridized carbons (Fsp3) is 0.524. The van der Waals surface area contributed by atoms with Crippen LogP contribution in [0.2, 0.25) is 0 Å². The minimum Gasteiger partial charge on any atom is -0.353 e. The molecule has 0 bridgehead atoms. The molecule has 5 heterocycles. The summed E-state index contributed by atoms with van der Waals surface area (Å²) < 4.78 is 0. The van der Waals surface area contributed by atoms with E-state index >= 15 is 0 Å². The topological polar surface area (TPSA) is 83.5 Å². The van der Waals surface area contributed by atoms with Crippen LogP contribution in [0, 0.1) is 5.92 Å². The Kier molecular flexibility index (Phi) is 4.47. The van der Waals surface area contributed by atoms with Crippen LogP contribution in [-0.2, 0) is 13.0 Å². The van der Waals surface area contributed by atoms with Crippen molar-refractivity contribution in [2.24, 2.45) is 16.6 Å². The number of nitrogens with two attached hydrogens (primary N) is 1. The third-order valence-corrected chi connectivity index (χ3v) is 6.24. The van der Waals surface area contributed by atoms with Crippen LogP contribution in [-0.4, -0.2) is 46.5 Å². The fourth-order valence-corrected chi connectivity index (χ4v) is 4.73. The number of piperidine rings is 1. The minimum atomic E-state index is 0.441. The van der Waals surface area contributed by atoms with E-state index < -0.39 is 0 Å². The molecule has 0 amide bonds. The van der Waals surface area contributed by atoms with Gasteiger partial charge in [-0.2, -0.15) is 0 Å². The number of hydrogen-bond donors (Lipinski definition) is 1. The van der Waals surface area contributed by atoms with Gasteiger partial charge in [0.25, 0.3) is 0 Å². The molecule has 1 fully saturated rings. The van der Waals surface area contributed by atoms with Gasteiger partial charge in [0, 0.05) is 25.3 Å². The summed E-state index contributed by atoms with van der Waals surface area (Å²) in [7, 11) is 0. The van der Waals surface area contributed by atoms with E-state index in [9.17, 15) is 0 Å². The summed E-state index contributed by atoms with van der Waals surface area (Å²) in [5.41, 5.74) is 10.1. The van der Waals surface area contributed by atoms with Gasteiger partial charge in [-0.3, -0.25) is 9.98 Å². The first kappa shape index (κ1) is 17.6. The molecule has 7 heteroatoms. The Labute approximate surface area is 165 Å². The Morgan fingerprint density at radius 3 is 3.00 bits per heavy atom. The van der Waals surface area contributed by atoms with Crippen molar-refractivity contribution in [1.82, 2.24) is 15.0 Å². The van der Waals surface area contributed by atoms with Crippen LogP contribution in [0.1, 0.15) is 43.3 Å². The molecule has 2 aromatic heterocycles. The number of aliphatic imine (C=N–C) groups is 1. The standard InChI is InChI=1S/C21H27N7/c1-14-10-15(11-22)6-9-27(14)19-13-24-20-17(26-19)12-25-21(20)28-8-3-4-16-18(28)5-2-7-23-16/h2,5,7,13-15H,3-4,6,8-12,22H2,1H3/t14-,15+/m1/s1. The van der Waals surface area contributed by atoms with Crippen LogP contribution in [0.25, 0.3) is 0 Å². The van der Waals surface area contributed by atoms with Gasteiger partial charge in [-0.05, 0) is 57.2 Å². The summed E-state index contributed by atoms with van der Waals surface area (Å²) in [6, 6.07) is 4.57. The number of aromatic nitrogens is 3. The molecular formula is C21H27N7. The number of rotatable bonds is 2. The van der Waals surface area contributed by atoms with Gasteiger partial charge in [0.05, 0.1) is 29.8 Å². The SMILES string of the molecule is C[C@@H]1C[C@@H](CN)CCN1c1cnc2c(n1)CN=C2N1CCCc2ncccc21. The van der Waals surface area contributed by atoms with Crippen molar-refractivity contribution in [2.75, 3.05) is 29.4 Å². The highest BCUT2D eigenvalue weighted by Gasteiger charge is 2.31. The second-order valence-electron chi connectivity index (χ2n) is 8.06. The molecular weight excluding hydrogens is 350 g/mol. The third-order valence-electron chi connectivity index (χ3n) is 6.24. The normalized spacial score (nSPS) is 24.0. The van der Waals surface area contributed by atoms with Crippen molar-refractivity contribution < 1.29 is 0 Å². The Morgan fingerprint density at radius 2 is 2.14 bits per heavy atom.